The second kappa shape index (κ2) is 9.93. The second-order valence-corrected chi connectivity index (χ2v) is 5.73. The van der Waals surface area contributed by atoms with Crippen molar-refractivity contribution in [3.8, 4) is 0 Å². The van der Waals surface area contributed by atoms with Gasteiger partial charge in [-0.3, -0.25) is 19.2 Å². The van der Waals surface area contributed by atoms with Crippen LogP contribution in [0.4, 0.5) is 0 Å². The maximum atomic E-state index is 11.4. The van der Waals surface area contributed by atoms with E-state index in [1.54, 1.807) is 22.6 Å². The van der Waals surface area contributed by atoms with Crippen LogP contribution in [0.3, 0.4) is 0 Å². The summed E-state index contributed by atoms with van der Waals surface area (Å²) in [5.41, 5.74) is 1.94. The number of aliphatic hydroxyl groups is 3. The summed E-state index contributed by atoms with van der Waals surface area (Å²) in [7, 11) is 0. The molecule has 1 rings (SSSR count). The van der Waals surface area contributed by atoms with E-state index in [1.807, 2.05) is 5.48 Å². The molecule has 1 saturated heterocycles. The molecule has 0 aliphatic carbocycles. The molecule has 0 saturated carbocycles. The highest BCUT2D eigenvalue weighted by Gasteiger charge is 2.42. The summed E-state index contributed by atoms with van der Waals surface area (Å²) in [6.07, 6.45) is -8.59. The molecule has 1 fully saturated rings. The number of hydrogen-bond acceptors (Lipinski definition) is 9. The fourth-order valence-corrected chi connectivity index (χ4v) is 1.94. The summed E-state index contributed by atoms with van der Waals surface area (Å²) in [6.45, 7) is -0.658. The lowest BCUT2D eigenvalue weighted by Gasteiger charge is -2.28. The summed E-state index contributed by atoms with van der Waals surface area (Å²) in [5, 5.41) is 38.7. The predicted octanol–water partition coefficient (Wildman–Crippen LogP) is -2.91. The Kier molecular flexibility index (Phi) is 8.60. The first-order chi connectivity index (χ1) is 11.7. The number of carbonyl (C=O) groups excluding carboxylic acids is 3. The molecular formula is C12H17IN2O10. The van der Waals surface area contributed by atoms with Crippen LogP contribution in [0, 0.1) is 0 Å². The van der Waals surface area contributed by atoms with Crippen LogP contribution < -0.4 is 5.48 Å². The van der Waals surface area contributed by atoms with Crippen molar-refractivity contribution in [1.82, 2.24) is 10.5 Å². The third kappa shape index (κ3) is 6.12. The van der Waals surface area contributed by atoms with Crippen LogP contribution in [0.2, 0.25) is 0 Å². The Bertz CT molecular complexity index is 514. The number of nitrogens with one attached hydrogen (secondary N) is 1. The quantitative estimate of drug-likeness (QED) is 0.0948. The number of halogens is 1. The number of aliphatic carboxylic acids is 1. The number of nitrogens with zero attached hydrogens (tertiary/aromatic N) is 1. The van der Waals surface area contributed by atoms with Gasteiger partial charge in [0.05, 0.1) is 4.43 Å². The first-order valence-corrected chi connectivity index (χ1v) is 8.47. The number of alkyl halides is 1. The topological polar surface area (TPSA) is 183 Å². The van der Waals surface area contributed by atoms with Crippen molar-refractivity contribution in [3.63, 3.8) is 0 Å². The van der Waals surface area contributed by atoms with E-state index in [2.05, 4.69) is 4.84 Å². The molecule has 4 unspecified atom stereocenters. The zero-order valence-electron chi connectivity index (χ0n) is 12.7. The molecule has 142 valence electrons. The van der Waals surface area contributed by atoms with E-state index in [9.17, 15) is 34.5 Å². The Morgan fingerprint density at radius 3 is 2.20 bits per heavy atom. The van der Waals surface area contributed by atoms with Gasteiger partial charge in [0.15, 0.2) is 0 Å². The first-order valence-electron chi connectivity index (χ1n) is 6.95. The van der Waals surface area contributed by atoms with Gasteiger partial charge in [-0.2, -0.15) is 5.06 Å². The number of carbonyl (C=O) groups is 4. The number of hydrogen-bond donors (Lipinski definition) is 5. The smallest absolute Gasteiger partial charge is 0.338 e. The van der Waals surface area contributed by atoms with Gasteiger partial charge in [-0.15, -0.1) is 0 Å². The molecule has 0 spiro atoms. The van der Waals surface area contributed by atoms with Crippen LogP contribution in [0.1, 0.15) is 12.8 Å². The number of rotatable bonds is 10. The van der Waals surface area contributed by atoms with E-state index >= 15 is 0 Å². The molecule has 3 amide bonds. The number of hydroxylamine groups is 3. The van der Waals surface area contributed by atoms with Gasteiger partial charge in [-0.25, -0.2) is 15.1 Å². The first kappa shape index (κ1) is 21.7. The van der Waals surface area contributed by atoms with Gasteiger partial charge in [0.1, 0.15) is 24.9 Å². The highest BCUT2D eigenvalue weighted by Crippen LogP contribution is 2.17. The molecule has 0 aromatic rings. The summed E-state index contributed by atoms with van der Waals surface area (Å²) < 4.78 is 0.0753. The lowest BCUT2D eigenvalue weighted by atomic mass is 10.0. The Balaban J connectivity index is 2.65. The molecular weight excluding hydrogens is 459 g/mol. The van der Waals surface area contributed by atoms with E-state index in [0.29, 0.717) is 0 Å². The fraction of sp³-hybridized carbons (Fsp3) is 0.667. The SMILES string of the molecule is O=C(CI)NOCC(O)C(O)C(O)C(ON1C(=O)CCC1=O)C(=O)O. The van der Waals surface area contributed by atoms with Gasteiger partial charge in [-0.1, -0.05) is 22.6 Å². The van der Waals surface area contributed by atoms with Gasteiger partial charge in [-0.05, 0) is 0 Å². The van der Waals surface area contributed by atoms with Gasteiger partial charge >= 0.3 is 5.97 Å². The van der Waals surface area contributed by atoms with Crippen molar-refractivity contribution < 1.29 is 49.3 Å². The minimum atomic E-state index is -2.20. The van der Waals surface area contributed by atoms with E-state index < -0.39 is 54.7 Å². The largest absolute Gasteiger partial charge is 0.479 e. The molecule has 5 N–H and O–H groups in total. The Morgan fingerprint density at radius 2 is 1.72 bits per heavy atom. The summed E-state index contributed by atoms with van der Waals surface area (Å²) >= 11 is 1.75. The highest BCUT2D eigenvalue weighted by atomic mass is 127. The molecule has 4 atom stereocenters. The summed E-state index contributed by atoms with van der Waals surface area (Å²) in [4.78, 5) is 54.3. The van der Waals surface area contributed by atoms with Crippen LogP contribution in [-0.4, -0.2) is 84.6 Å². The summed E-state index contributed by atoms with van der Waals surface area (Å²) in [5.74, 6) is -3.86. The Hall–Kier alpha value is -1.39. The van der Waals surface area contributed by atoms with Crippen LogP contribution >= 0.6 is 22.6 Å². The molecule has 1 heterocycles. The third-order valence-corrected chi connectivity index (χ3v) is 3.78. The van der Waals surface area contributed by atoms with Crippen molar-refractivity contribution in [3.05, 3.63) is 0 Å². The van der Waals surface area contributed by atoms with Crippen LogP contribution in [-0.2, 0) is 28.9 Å². The molecule has 1 aliphatic rings. The number of imide groups is 1. The van der Waals surface area contributed by atoms with E-state index in [-0.39, 0.29) is 22.3 Å². The van der Waals surface area contributed by atoms with E-state index in [4.69, 9.17) is 9.94 Å². The molecule has 13 heteroatoms. The Morgan fingerprint density at radius 1 is 1.16 bits per heavy atom. The summed E-state index contributed by atoms with van der Waals surface area (Å²) in [6, 6.07) is 0. The average molecular weight is 476 g/mol. The van der Waals surface area contributed by atoms with E-state index in [1.165, 1.54) is 0 Å². The number of aliphatic hydroxyl groups excluding tert-OH is 3. The zero-order valence-corrected chi connectivity index (χ0v) is 14.9. The zero-order chi connectivity index (χ0) is 19.1. The highest BCUT2D eigenvalue weighted by molar-refractivity contribution is 14.1. The molecule has 12 nitrogen and oxygen atoms in total. The molecule has 0 aromatic carbocycles. The molecule has 0 radical (unpaired) electrons. The maximum absolute atomic E-state index is 11.4. The monoisotopic (exact) mass is 476 g/mol. The van der Waals surface area contributed by atoms with Crippen molar-refractivity contribution >= 4 is 46.3 Å². The minimum absolute atomic E-state index is 0.0753. The third-order valence-electron chi connectivity index (χ3n) is 3.08. The van der Waals surface area contributed by atoms with Crippen LogP contribution in [0.25, 0.3) is 0 Å². The minimum Gasteiger partial charge on any atom is -0.479 e. The van der Waals surface area contributed by atoms with Crippen molar-refractivity contribution in [1.29, 1.82) is 0 Å². The average Bonchev–Trinajstić information content (AvgIpc) is 2.88. The Labute approximate surface area is 154 Å². The number of carboxylic acids is 1. The van der Waals surface area contributed by atoms with Gasteiger partial charge < -0.3 is 20.4 Å². The number of amides is 3. The fourth-order valence-electron chi connectivity index (χ4n) is 1.78. The van der Waals surface area contributed by atoms with Gasteiger partial charge in [0.2, 0.25) is 6.10 Å². The van der Waals surface area contributed by atoms with Crippen molar-refractivity contribution in [2.75, 3.05) is 11.0 Å². The van der Waals surface area contributed by atoms with Gasteiger partial charge in [0, 0.05) is 12.8 Å². The molecule has 25 heavy (non-hydrogen) atoms. The van der Waals surface area contributed by atoms with Crippen LogP contribution in [0.5, 0.6) is 0 Å². The van der Waals surface area contributed by atoms with Crippen LogP contribution in [0.15, 0.2) is 0 Å². The lowest BCUT2D eigenvalue weighted by molar-refractivity contribution is -0.231. The molecule has 1 aliphatic heterocycles. The van der Waals surface area contributed by atoms with E-state index in [0.717, 1.165) is 0 Å². The normalized spacial score (nSPS) is 19.4. The van der Waals surface area contributed by atoms with Gasteiger partial charge in [0.25, 0.3) is 17.7 Å². The standard InChI is InChI=1S/C12H17IN2O10/c13-3-6(17)14-24-4-5(16)9(20)10(21)11(12(22)23)25-15-7(18)1-2-8(15)19/h5,9-11,16,20-21H,1-4H2,(H,14,17)(H,22,23). The molecule has 0 aromatic heterocycles. The van der Waals surface area contributed by atoms with Crippen molar-refractivity contribution in [2.24, 2.45) is 0 Å². The maximum Gasteiger partial charge on any atom is 0.338 e. The number of carboxylic acid groups (broad SMARTS) is 1. The lowest BCUT2D eigenvalue weighted by Crippen LogP contribution is -2.53. The molecule has 0 bridgehead atoms. The van der Waals surface area contributed by atoms with Crippen molar-refractivity contribution in [2.45, 2.75) is 37.3 Å². The second-order valence-electron chi connectivity index (χ2n) is 4.96. The predicted molar refractivity (Wildman–Crippen MR) is 84.6 cm³/mol.